The molecule has 72 valence electrons. The molecule has 0 saturated carbocycles. The second-order valence-corrected chi connectivity index (χ2v) is 2.95. The van der Waals surface area contributed by atoms with Gasteiger partial charge < -0.3 is 0 Å². The highest BCUT2D eigenvalue weighted by Gasteiger charge is 2.31. The molecular formula is C9H6F2N2O. The van der Waals surface area contributed by atoms with Crippen molar-refractivity contribution in [2.75, 3.05) is 0 Å². The van der Waals surface area contributed by atoms with Gasteiger partial charge in [0.05, 0.1) is 5.71 Å². The molecule has 1 atom stereocenters. The first-order valence-electron chi connectivity index (χ1n) is 4.00. The van der Waals surface area contributed by atoms with Gasteiger partial charge in [0, 0.05) is 0 Å². The van der Waals surface area contributed by atoms with E-state index in [4.69, 9.17) is 0 Å². The Morgan fingerprint density at radius 2 is 2.14 bits per heavy atom. The molecule has 2 aliphatic rings. The van der Waals surface area contributed by atoms with Crippen molar-refractivity contribution < 1.29 is 13.6 Å². The van der Waals surface area contributed by atoms with Crippen LogP contribution in [0.15, 0.2) is 33.5 Å². The molecule has 2 rings (SSSR count). The zero-order chi connectivity index (χ0) is 10.3. The molecule has 0 fully saturated rings. The Hall–Kier alpha value is -1.65. The van der Waals surface area contributed by atoms with E-state index >= 15 is 0 Å². The SMILES string of the molecule is CC1=NC(=O)C2=C(F)C=CC(F)C2=N1. The van der Waals surface area contributed by atoms with E-state index in [1.165, 1.54) is 6.92 Å². The summed E-state index contributed by atoms with van der Waals surface area (Å²) in [5.41, 5.74) is -0.534. The average molecular weight is 196 g/mol. The van der Waals surface area contributed by atoms with E-state index in [1.54, 1.807) is 0 Å². The van der Waals surface area contributed by atoms with E-state index in [0.717, 1.165) is 12.2 Å². The summed E-state index contributed by atoms with van der Waals surface area (Å²) in [6, 6.07) is 0. The third-order valence-electron chi connectivity index (χ3n) is 1.93. The van der Waals surface area contributed by atoms with Crippen LogP contribution in [0.3, 0.4) is 0 Å². The number of rotatable bonds is 0. The lowest BCUT2D eigenvalue weighted by Gasteiger charge is -2.17. The smallest absolute Gasteiger partial charge is 0.267 e. The van der Waals surface area contributed by atoms with E-state index in [-0.39, 0.29) is 17.1 Å². The molecule has 0 saturated heterocycles. The van der Waals surface area contributed by atoms with Crippen LogP contribution in [0.4, 0.5) is 8.78 Å². The van der Waals surface area contributed by atoms with Crippen molar-refractivity contribution in [3.05, 3.63) is 23.6 Å². The summed E-state index contributed by atoms with van der Waals surface area (Å²) in [5, 5.41) is 0. The molecule has 0 N–H and O–H groups in total. The molecule has 1 heterocycles. The standard InChI is InChI=1S/C9H6F2N2O/c1-4-12-8-6(11)3-2-5(10)7(8)9(14)13-4/h2-3,6H,1H3. The molecule has 0 radical (unpaired) electrons. The number of amidine groups is 1. The van der Waals surface area contributed by atoms with Crippen molar-refractivity contribution in [2.24, 2.45) is 9.98 Å². The molecule has 0 aromatic carbocycles. The van der Waals surface area contributed by atoms with Gasteiger partial charge in [-0.1, -0.05) is 0 Å². The maximum Gasteiger partial charge on any atom is 0.283 e. The maximum absolute atomic E-state index is 13.2. The molecule has 0 aromatic heterocycles. The minimum Gasteiger partial charge on any atom is -0.267 e. The van der Waals surface area contributed by atoms with Gasteiger partial charge in [-0.15, -0.1) is 0 Å². The number of aliphatic imine (C=N–C) groups is 2. The molecule has 14 heavy (non-hydrogen) atoms. The highest BCUT2D eigenvalue weighted by Crippen LogP contribution is 2.24. The van der Waals surface area contributed by atoms with Crippen LogP contribution in [0.2, 0.25) is 0 Å². The zero-order valence-corrected chi connectivity index (χ0v) is 7.29. The van der Waals surface area contributed by atoms with Crippen molar-refractivity contribution in [3.63, 3.8) is 0 Å². The number of allylic oxidation sites excluding steroid dienone is 3. The highest BCUT2D eigenvalue weighted by molar-refractivity contribution is 6.31. The monoisotopic (exact) mass is 196 g/mol. The van der Waals surface area contributed by atoms with E-state index < -0.39 is 17.9 Å². The Balaban J connectivity index is 2.60. The molecule has 1 amide bonds. The number of amides is 1. The lowest BCUT2D eigenvalue weighted by atomic mass is 9.98. The van der Waals surface area contributed by atoms with Crippen molar-refractivity contribution in [2.45, 2.75) is 13.1 Å². The molecule has 0 spiro atoms. The van der Waals surface area contributed by atoms with Gasteiger partial charge in [0.25, 0.3) is 5.91 Å². The van der Waals surface area contributed by atoms with E-state index in [9.17, 15) is 13.6 Å². The summed E-state index contributed by atoms with van der Waals surface area (Å²) < 4.78 is 26.3. The van der Waals surface area contributed by atoms with Crippen LogP contribution in [0.1, 0.15) is 6.92 Å². The number of fused-ring (bicyclic) bond motifs is 1. The van der Waals surface area contributed by atoms with Crippen LogP contribution in [0, 0.1) is 0 Å². The summed E-state index contributed by atoms with van der Waals surface area (Å²) in [6.45, 7) is 1.46. The van der Waals surface area contributed by atoms with E-state index in [0.29, 0.717) is 0 Å². The van der Waals surface area contributed by atoms with E-state index in [1.807, 2.05) is 0 Å². The van der Waals surface area contributed by atoms with Gasteiger partial charge in [-0.2, -0.15) is 4.99 Å². The summed E-state index contributed by atoms with van der Waals surface area (Å²) in [6.07, 6.45) is 0.412. The third kappa shape index (κ3) is 1.21. The predicted molar refractivity (Wildman–Crippen MR) is 47.7 cm³/mol. The van der Waals surface area contributed by atoms with Crippen molar-refractivity contribution in [3.8, 4) is 0 Å². The number of alkyl halides is 1. The minimum absolute atomic E-state index is 0.152. The summed E-state index contributed by atoms with van der Waals surface area (Å²) >= 11 is 0. The van der Waals surface area contributed by atoms with Gasteiger partial charge >= 0.3 is 0 Å². The second-order valence-electron chi connectivity index (χ2n) is 2.95. The van der Waals surface area contributed by atoms with Crippen LogP contribution in [-0.2, 0) is 4.79 Å². The van der Waals surface area contributed by atoms with Gasteiger partial charge in [-0.05, 0) is 19.1 Å². The molecule has 3 nitrogen and oxygen atoms in total. The first kappa shape index (κ1) is 8.93. The van der Waals surface area contributed by atoms with E-state index in [2.05, 4.69) is 9.98 Å². The Morgan fingerprint density at radius 1 is 1.43 bits per heavy atom. The number of halogens is 2. The van der Waals surface area contributed by atoms with Gasteiger partial charge in [0.1, 0.15) is 17.2 Å². The van der Waals surface area contributed by atoms with Crippen LogP contribution in [0.5, 0.6) is 0 Å². The summed E-state index contributed by atoms with van der Waals surface area (Å²) in [4.78, 5) is 18.4. The molecule has 5 heteroatoms. The molecule has 0 bridgehead atoms. The van der Waals surface area contributed by atoms with Gasteiger partial charge in [-0.25, -0.2) is 13.8 Å². The Morgan fingerprint density at radius 3 is 2.86 bits per heavy atom. The quantitative estimate of drug-likeness (QED) is 0.579. The predicted octanol–water partition coefficient (Wildman–Crippen LogP) is 1.52. The maximum atomic E-state index is 13.2. The Labute approximate surface area is 78.6 Å². The van der Waals surface area contributed by atoms with Gasteiger partial charge in [-0.3, -0.25) is 4.79 Å². The molecule has 1 aliphatic heterocycles. The third-order valence-corrected chi connectivity index (χ3v) is 1.93. The summed E-state index contributed by atoms with van der Waals surface area (Å²) in [7, 11) is 0. The second kappa shape index (κ2) is 2.94. The molecule has 0 aromatic rings. The van der Waals surface area contributed by atoms with Gasteiger partial charge in [0.15, 0.2) is 6.17 Å². The van der Waals surface area contributed by atoms with Crippen molar-refractivity contribution >= 4 is 17.5 Å². The number of nitrogens with zero attached hydrogens (tertiary/aromatic N) is 2. The largest absolute Gasteiger partial charge is 0.283 e. The zero-order valence-electron chi connectivity index (χ0n) is 7.29. The number of carbonyl (C=O) groups is 1. The fourth-order valence-electron chi connectivity index (χ4n) is 1.34. The Bertz CT molecular complexity index is 432. The average Bonchev–Trinajstić information content (AvgIpc) is 2.10. The number of carbonyl (C=O) groups excluding carboxylic acids is 1. The topological polar surface area (TPSA) is 41.8 Å². The molecular weight excluding hydrogens is 190 g/mol. The van der Waals surface area contributed by atoms with Gasteiger partial charge in [0.2, 0.25) is 0 Å². The highest BCUT2D eigenvalue weighted by atomic mass is 19.1. The van der Waals surface area contributed by atoms with Crippen molar-refractivity contribution in [1.82, 2.24) is 0 Å². The molecule has 1 unspecified atom stereocenters. The lowest BCUT2D eigenvalue weighted by Crippen LogP contribution is -2.28. The number of hydrogen-bond donors (Lipinski definition) is 0. The minimum atomic E-state index is -1.53. The first-order valence-corrected chi connectivity index (χ1v) is 4.00. The van der Waals surface area contributed by atoms with Crippen LogP contribution in [0.25, 0.3) is 0 Å². The fourth-order valence-corrected chi connectivity index (χ4v) is 1.34. The number of hydrogen-bond acceptors (Lipinski definition) is 2. The fraction of sp³-hybridized carbons (Fsp3) is 0.222. The summed E-state index contributed by atoms with van der Waals surface area (Å²) in [5.74, 6) is -1.39. The molecule has 1 aliphatic carbocycles. The van der Waals surface area contributed by atoms with Crippen LogP contribution >= 0.6 is 0 Å². The van der Waals surface area contributed by atoms with Crippen LogP contribution in [-0.4, -0.2) is 23.6 Å². The normalized spacial score (nSPS) is 25.9. The first-order chi connectivity index (χ1) is 6.59. The van der Waals surface area contributed by atoms with Crippen molar-refractivity contribution in [1.29, 1.82) is 0 Å². The Kier molecular flexibility index (Phi) is 1.87. The van der Waals surface area contributed by atoms with Crippen LogP contribution < -0.4 is 0 Å². The lowest BCUT2D eigenvalue weighted by molar-refractivity contribution is -0.114.